The van der Waals surface area contributed by atoms with Crippen molar-refractivity contribution in [2.45, 2.75) is 25.3 Å². The van der Waals surface area contributed by atoms with Crippen LogP contribution in [0.25, 0.3) is 0 Å². The topological polar surface area (TPSA) is 68.3 Å². The van der Waals surface area contributed by atoms with E-state index in [9.17, 15) is 5.26 Å². The fourth-order valence-corrected chi connectivity index (χ4v) is 2.43. The molecule has 2 rings (SSSR count). The molecule has 1 saturated carbocycles. The van der Waals surface area contributed by atoms with Crippen molar-refractivity contribution < 1.29 is 9.47 Å². The highest BCUT2D eigenvalue weighted by Crippen LogP contribution is 2.50. The van der Waals surface area contributed by atoms with Crippen LogP contribution in [0.3, 0.4) is 0 Å². The van der Waals surface area contributed by atoms with E-state index in [1.165, 1.54) is 0 Å². The summed E-state index contributed by atoms with van der Waals surface area (Å²) in [6, 6.07) is 7.57. The minimum absolute atomic E-state index is 0.332. The molecule has 0 amide bonds. The minimum atomic E-state index is -0.445. The monoisotopic (exact) mass is 246 g/mol. The van der Waals surface area contributed by atoms with Gasteiger partial charge in [-0.05, 0) is 31.0 Å². The highest BCUT2D eigenvalue weighted by Gasteiger charge is 2.44. The molecule has 96 valence electrons. The predicted molar refractivity (Wildman–Crippen MR) is 68.4 cm³/mol. The number of benzene rings is 1. The highest BCUT2D eigenvalue weighted by molar-refractivity contribution is 5.44. The Hall–Kier alpha value is -1.73. The van der Waals surface area contributed by atoms with Crippen molar-refractivity contribution >= 4 is 0 Å². The Balaban J connectivity index is 2.39. The van der Waals surface area contributed by atoms with Crippen LogP contribution >= 0.6 is 0 Å². The van der Waals surface area contributed by atoms with Gasteiger partial charge in [0, 0.05) is 5.56 Å². The number of methoxy groups -OCH3 is 2. The van der Waals surface area contributed by atoms with Crippen LogP contribution in [-0.2, 0) is 0 Å². The summed E-state index contributed by atoms with van der Waals surface area (Å²) in [4.78, 5) is 0. The molecule has 4 heteroatoms. The molecule has 1 fully saturated rings. The van der Waals surface area contributed by atoms with E-state index in [2.05, 4.69) is 6.07 Å². The third-order valence-electron chi connectivity index (χ3n) is 3.84. The standard InChI is InChI=1S/C14H18N2O2/c1-17-10-4-5-12(18-2)11(8-10)13(16)14(9-15)6-3-7-14/h4-5,8,13H,3,6-7,16H2,1-2H3. The maximum atomic E-state index is 9.36. The van der Waals surface area contributed by atoms with Crippen molar-refractivity contribution in [3.63, 3.8) is 0 Å². The van der Waals surface area contributed by atoms with Crippen LogP contribution in [-0.4, -0.2) is 14.2 Å². The Labute approximate surface area is 107 Å². The minimum Gasteiger partial charge on any atom is -0.497 e. The average Bonchev–Trinajstić information content (AvgIpc) is 2.37. The summed E-state index contributed by atoms with van der Waals surface area (Å²) in [6.45, 7) is 0. The number of ether oxygens (including phenoxy) is 2. The van der Waals surface area contributed by atoms with Gasteiger partial charge in [0.1, 0.15) is 11.5 Å². The van der Waals surface area contributed by atoms with Crippen LogP contribution in [0, 0.1) is 16.7 Å². The van der Waals surface area contributed by atoms with E-state index in [4.69, 9.17) is 15.2 Å². The molecule has 1 aromatic carbocycles. The van der Waals surface area contributed by atoms with Crippen molar-refractivity contribution in [2.24, 2.45) is 11.1 Å². The first-order valence-corrected chi connectivity index (χ1v) is 6.05. The Morgan fingerprint density at radius 1 is 1.33 bits per heavy atom. The molecule has 18 heavy (non-hydrogen) atoms. The fourth-order valence-electron chi connectivity index (χ4n) is 2.43. The Kier molecular flexibility index (Phi) is 3.44. The van der Waals surface area contributed by atoms with Crippen molar-refractivity contribution in [3.8, 4) is 17.6 Å². The van der Waals surface area contributed by atoms with Crippen molar-refractivity contribution in [2.75, 3.05) is 14.2 Å². The molecule has 1 unspecified atom stereocenters. The third-order valence-corrected chi connectivity index (χ3v) is 3.84. The van der Waals surface area contributed by atoms with Gasteiger partial charge in [0.05, 0.1) is 31.7 Å². The van der Waals surface area contributed by atoms with Gasteiger partial charge < -0.3 is 15.2 Å². The maximum Gasteiger partial charge on any atom is 0.123 e. The first-order valence-electron chi connectivity index (χ1n) is 6.05. The van der Waals surface area contributed by atoms with Gasteiger partial charge in [-0.25, -0.2) is 0 Å². The molecule has 1 aromatic rings. The summed E-state index contributed by atoms with van der Waals surface area (Å²) in [5.74, 6) is 1.44. The second-order valence-electron chi connectivity index (χ2n) is 4.71. The van der Waals surface area contributed by atoms with E-state index in [0.717, 1.165) is 30.6 Å². The normalized spacial score (nSPS) is 18.3. The molecular formula is C14H18N2O2. The second kappa shape index (κ2) is 4.87. The quantitative estimate of drug-likeness (QED) is 0.885. The number of nitrogens with two attached hydrogens (primary N) is 1. The van der Waals surface area contributed by atoms with Gasteiger partial charge in [-0.1, -0.05) is 6.42 Å². The first kappa shape index (κ1) is 12.7. The molecule has 0 aromatic heterocycles. The van der Waals surface area contributed by atoms with E-state index >= 15 is 0 Å². The number of nitrogens with zero attached hydrogens (tertiary/aromatic N) is 1. The number of rotatable bonds is 4. The lowest BCUT2D eigenvalue weighted by Gasteiger charge is -2.40. The SMILES string of the molecule is COc1ccc(OC)c(C(N)C2(C#N)CCC2)c1. The summed E-state index contributed by atoms with van der Waals surface area (Å²) < 4.78 is 10.5. The summed E-state index contributed by atoms with van der Waals surface area (Å²) >= 11 is 0. The smallest absolute Gasteiger partial charge is 0.123 e. The summed E-state index contributed by atoms with van der Waals surface area (Å²) in [5, 5.41) is 9.36. The molecule has 2 N–H and O–H groups in total. The Morgan fingerprint density at radius 2 is 2.06 bits per heavy atom. The van der Waals surface area contributed by atoms with Gasteiger partial charge in [0.2, 0.25) is 0 Å². The van der Waals surface area contributed by atoms with Gasteiger partial charge in [-0.3, -0.25) is 0 Å². The fraction of sp³-hybridized carbons (Fsp3) is 0.500. The molecule has 4 nitrogen and oxygen atoms in total. The van der Waals surface area contributed by atoms with Crippen molar-refractivity contribution in [3.05, 3.63) is 23.8 Å². The van der Waals surface area contributed by atoms with E-state index in [1.54, 1.807) is 14.2 Å². The number of nitriles is 1. The summed E-state index contributed by atoms with van der Waals surface area (Å²) in [6.07, 6.45) is 2.77. The average molecular weight is 246 g/mol. The lowest BCUT2D eigenvalue weighted by Crippen LogP contribution is -2.39. The maximum absolute atomic E-state index is 9.36. The predicted octanol–water partition coefficient (Wildman–Crippen LogP) is 2.40. The zero-order valence-corrected chi connectivity index (χ0v) is 10.8. The van der Waals surface area contributed by atoms with Crippen LogP contribution < -0.4 is 15.2 Å². The molecule has 0 bridgehead atoms. The highest BCUT2D eigenvalue weighted by atomic mass is 16.5. The van der Waals surface area contributed by atoms with Crippen molar-refractivity contribution in [1.29, 1.82) is 5.26 Å². The zero-order valence-electron chi connectivity index (χ0n) is 10.8. The molecular weight excluding hydrogens is 228 g/mol. The summed E-state index contributed by atoms with van der Waals surface area (Å²) in [5.41, 5.74) is 6.69. The van der Waals surface area contributed by atoms with E-state index in [0.29, 0.717) is 5.75 Å². The van der Waals surface area contributed by atoms with Gasteiger partial charge in [0.15, 0.2) is 0 Å². The summed E-state index contributed by atoms with van der Waals surface area (Å²) in [7, 11) is 3.22. The van der Waals surface area contributed by atoms with Crippen LogP contribution in [0.15, 0.2) is 18.2 Å². The molecule has 1 aliphatic rings. The van der Waals surface area contributed by atoms with Crippen LogP contribution in [0.5, 0.6) is 11.5 Å². The van der Waals surface area contributed by atoms with Gasteiger partial charge in [-0.15, -0.1) is 0 Å². The first-order chi connectivity index (χ1) is 8.66. The number of hydrogen-bond acceptors (Lipinski definition) is 4. The largest absolute Gasteiger partial charge is 0.497 e. The zero-order chi connectivity index (χ0) is 13.2. The van der Waals surface area contributed by atoms with Crippen molar-refractivity contribution in [1.82, 2.24) is 0 Å². The molecule has 0 heterocycles. The molecule has 1 aliphatic carbocycles. The molecule has 1 atom stereocenters. The molecule has 0 radical (unpaired) electrons. The van der Waals surface area contributed by atoms with Crippen LogP contribution in [0.4, 0.5) is 0 Å². The van der Waals surface area contributed by atoms with Gasteiger partial charge in [-0.2, -0.15) is 5.26 Å². The lowest BCUT2D eigenvalue weighted by molar-refractivity contribution is 0.166. The molecule has 0 spiro atoms. The van der Waals surface area contributed by atoms with Gasteiger partial charge in [0.25, 0.3) is 0 Å². The lowest BCUT2D eigenvalue weighted by atomic mass is 9.63. The van der Waals surface area contributed by atoms with Crippen LogP contribution in [0.2, 0.25) is 0 Å². The molecule has 0 aliphatic heterocycles. The van der Waals surface area contributed by atoms with E-state index in [-0.39, 0.29) is 6.04 Å². The Morgan fingerprint density at radius 3 is 2.50 bits per heavy atom. The van der Waals surface area contributed by atoms with Gasteiger partial charge >= 0.3 is 0 Å². The Bertz CT molecular complexity index is 475. The van der Waals surface area contributed by atoms with E-state index < -0.39 is 5.41 Å². The molecule has 0 saturated heterocycles. The second-order valence-corrected chi connectivity index (χ2v) is 4.71. The third kappa shape index (κ3) is 1.91. The van der Waals surface area contributed by atoms with E-state index in [1.807, 2.05) is 18.2 Å². The number of hydrogen-bond donors (Lipinski definition) is 1. The van der Waals surface area contributed by atoms with Crippen LogP contribution in [0.1, 0.15) is 30.9 Å².